The highest BCUT2D eigenvalue weighted by Gasteiger charge is 2.11. The third-order valence-electron chi connectivity index (χ3n) is 3.49. The van der Waals surface area contributed by atoms with Crippen LogP contribution in [-0.4, -0.2) is 65.9 Å². The summed E-state index contributed by atoms with van der Waals surface area (Å²) in [5.41, 5.74) is 0. The predicted molar refractivity (Wildman–Crippen MR) is 84.5 cm³/mol. The van der Waals surface area contributed by atoms with Crippen molar-refractivity contribution in [1.82, 2.24) is 0 Å². The van der Waals surface area contributed by atoms with Gasteiger partial charge >= 0.3 is 0 Å². The molecule has 0 aliphatic heterocycles. The van der Waals surface area contributed by atoms with Crippen molar-refractivity contribution >= 4 is 0 Å². The van der Waals surface area contributed by atoms with Crippen LogP contribution in [0.25, 0.3) is 0 Å². The van der Waals surface area contributed by atoms with Crippen LogP contribution < -0.4 is 0 Å². The van der Waals surface area contributed by atoms with E-state index in [1.54, 1.807) is 0 Å². The molecule has 0 aromatic rings. The Morgan fingerprint density at radius 2 is 1.23 bits per heavy atom. The Hall–Kier alpha value is -0.240. The lowest BCUT2D eigenvalue weighted by Gasteiger charge is -2.19. The lowest BCUT2D eigenvalue weighted by molar-refractivity contribution is -0.113. The molecule has 0 bridgehead atoms. The molecule has 0 aromatic heterocycles. The Bertz CT molecular complexity index is 215. The molecule has 0 aliphatic rings. The Kier molecular flexibility index (Phi) is 16.9. The summed E-state index contributed by atoms with van der Waals surface area (Å²) < 4.78 is 10.9. The topological polar surface area (TPSA) is 99.4 Å². The monoisotopic (exact) mass is 322 g/mol. The van der Waals surface area contributed by atoms with E-state index in [2.05, 4.69) is 0 Å². The quantitative estimate of drug-likeness (QED) is 0.237. The van der Waals surface area contributed by atoms with Crippen LogP contribution in [-0.2, 0) is 9.47 Å². The van der Waals surface area contributed by atoms with Gasteiger partial charge in [-0.3, -0.25) is 0 Å². The average Bonchev–Trinajstić information content (AvgIpc) is 2.52. The summed E-state index contributed by atoms with van der Waals surface area (Å²) in [7, 11) is 0. The van der Waals surface area contributed by atoms with Gasteiger partial charge in [-0.25, -0.2) is 0 Å². The first-order valence-electron chi connectivity index (χ1n) is 8.48. The van der Waals surface area contributed by atoms with Crippen LogP contribution in [0.1, 0.15) is 57.8 Å². The average molecular weight is 322 g/mol. The van der Waals surface area contributed by atoms with Gasteiger partial charge in [0.2, 0.25) is 0 Å². The van der Waals surface area contributed by atoms with Crippen molar-refractivity contribution in [1.29, 1.82) is 0 Å². The number of hydrogen-bond acceptors (Lipinski definition) is 6. The van der Waals surface area contributed by atoms with Crippen LogP contribution in [0.4, 0.5) is 0 Å². The first-order chi connectivity index (χ1) is 10.7. The highest BCUT2D eigenvalue weighted by molar-refractivity contribution is 4.59. The largest absolute Gasteiger partial charge is 0.396 e. The van der Waals surface area contributed by atoms with E-state index in [1.165, 1.54) is 0 Å². The molecule has 0 amide bonds. The van der Waals surface area contributed by atoms with Crippen LogP contribution in [0.2, 0.25) is 0 Å². The summed E-state index contributed by atoms with van der Waals surface area (Å²) in [6.07, 6.45) is 6.63. The fourth-order valence-corrected chi connectivity index (χ4v) is 2.22. The summed E-state index contributed by atoms with van der Waals surface area (Å²) in [5.74, 6) is 0. The molecule has 22 heavy (non-hydrogen) atoms. The number of aliphatic hydroxyl groups excluding tert-OH is 4. The maximum absolute atomic E-state index is 9.69. The van der Waals surface area contributed by atoms with E-state index in [4.69, 9.17) is 24.8 Å². The van der Waals surface area contributed by atoms with Crippen LogP contribution in [0.3, 0.4) is 0 Å². The molecule has 0 heterocycles. The summed E-state index contributed by atoms with van der Waals surface area (Å²) in [6.45, 7) is 1.15. The van der Waals surface area contributed by atoms with Crippen LogP contribution >= 0.6 is 0 Å². The van der Waals surface area contributed by atoms with Crippen molar-refractivity contribution < 1.29 is 29.9 Å². The lowest BCUT2D eigenvalue weighted by Crippen LogP contribution is -2.20. The molecular weight excluding hydrogens is 288 g/mol. The molecule has 2 atom stereocenters. The van der Waals surface area contributed by atoms with Crippen LogP contribution in [0, 0.1) is 0 Å². The minimum atomic E-state index is -0.758. The Balaban J connectivity index is 3.71. The lowest BCUT2D eigenvalue weighted by atomic mass is 10.1. The molecule has 0 fully saturated rings. The zero-order valence-electron chi connectivity index (χ0n) is 13.7. The van der Waals surface area contributed by atoms with Gasteiger partial charge in [0.05, 0.1) is 25.9 Å². The third-order valence-corrected chi connectivity index (χ3v) is 3.49. The number of unbranched alkanes of at least 4 members (excludes halogenated alkanes) is 4. The van der Waals surface area contributed by atoms with E-state index in [0.717, 1.165) is 44.9 Å². The number of ether oxygens (including phenoxy) is 2. The first kappa shape index (κ1) is 21.8. The minimum absolute atomic E-state index is 0.00147. The molecule has 134 valence electrons. The molecule has 0 spiro atoms. The van der Waals surface area contributed by atoms with Crippen molar-refractivity contribution in [2.45, 2.75) is 70.2 Å². The molecule has 0 aliphatic carbocycles. The molecule has 2 unspecified atom stereocenters. The maximum atomic E-state index is 9.69. The van der Waals surface area contributed by atoms with E-state index in [-0.39, 0.29) is 25.9 Å². The van der Waals surface area contributed by atoms with Gasteiger partial charge in [0.15, 0.2) is 6.29 Å². The van der Waals surface area contributed by atoms with E-state index >= 15 is 0 Å². The Labute approximate surface area is 134 Å². The number of aliphatic hydroxyl groups is 4. The second kappa shape index (κ2) is 17.1. The van der Waals surface area contributed by atoms with Crippen molar-refractivity contribution in [2.24, 2.45) is 0 Å². The standard InChI is InChI=1S/C16H34O6/c17-10-5-1-3-7-15(21-14-12-19)9-13-22-16(20)8-4-2-6-11-18/h15-20H,1-14H2. The van der Waals surface area contributed by atoms with E-state index in [0.29, 0.717) is 26.1 Å². The predicted octanol–water partition coefficient (Wildman–Crippen LogP) is 1.19. The highest BCUT2D eigenvalue weighted by atomic mass is 16.6. The smallest absolute Gasteiger partial charge is 0.154 e. The summed E-state index contributed by atoms with van der Waals surface area (Å²) >= 11 is 0. The maximum Gasteiger partial charge on any atom is 0.154 e. The fraction of sp³-hybridized carbons (Fsp3) is 1.00. The molecule has 6 nitrogen and oxygen atoms in total. The zero-order chi connectivity index (χ0) is 16.5. The van der Waals surface area contributed by atoms with E-state index in [1.807, 2.05) is 0 Å². The van der Waals surface area contributed by atoms with Crippen LogP contribution in [0.5, 0.6) is 0 Å². The van der Waals surface area contributed by atoms with Gasteiger partial charge in [0.25, 0.3) is 0 Å². The SMILES string of the molecule is OCCCCCC(O)OCCC(CCCCCO)OCCO. The number of hydrogen-bond donors (Lipinski definition) is 4. The number of rotatable bonds is 17. The second-order valence-corrected chi connectivity index (χ2v) is 5.48. The Morgan fingerprint density at radius 3 is 1.82 bits per heavy atom. The third kappa shape index (κ3) is 14.7. The van der Waals surface area contributed by atoms with Gasteiger partial charge in [-0.15, -0.1) is 0 Å². The van der Waals surface area contributed by atoms with Gasteiger partial charge in [-0.2, -0.15) is 0 Å². The van der Waals surface area contributed by atoms with Crippen molar-refractivity contribution in [3.63, 3.8) is 0 Å². The van der Waals surface area contributed by atoms with Crippen molar-refractivity contribution in [3.8, 4) is 0 Å². The van der Waals surface area contributed by atoms with Gasteiger partial charge < -0.3 is 29.9 Å². The van der Waals surface area contributed by atoms with Crippen molar-refractivity contribution in [3.05, 3.63) is 0 Å². The molecule has 4 N–H and O–H groups in total. The van der Waals surface area contributed by atoms with Gasteiger partial charge in [-0.05, 0) is 38.5 Å². The minimum Gasteiger partial charge on any atom is -0.396 e. The summed E-state index contributed by atoms with van der Waals surface area (Å²) in [5, 5.41) is 35.9. The normalized spacial score (nSPS) is 14.2. The second-order valence-electron chi connectivity index (χ2n) is 5.48. The summed E-state index contributed by atoms with van der Waals surface area (Å²) in [4.78, 5) is 0. The molecule has 0 saturated carbocycles. The Morgan fingerprint density at radius 1 is 0.591 bits per heavy atom. The molecule has 0 radical (unpaired) electrons. The molecule has 0 rings (SSSR count). The highest BCUT2D eigenvalue weighted by Crippen LogP contribution is 2.12. The van der Waals surface area contributed by atoms with Crippen molar-refractivity contribution in [2.75, 3.05) is 33.0 Å². The van der Waals surface area contributed by atoms with Gasteiger partial charge in [0, 0.05) is 13.2 Å². The van der Waals surface area contributed by atoms with E-state index < -0.39 is 6.29 Å². The van der Waals surface area contributed by atoms with E-state index in [9.17, 15) is 5.11 Å². The molecule has 0 saturated heterocycles. The molecule has 6 heteroatoms. The zero-order valence-corrected chi connectivity index (χ0v) is 13.7. The summed E-state index contributed by atoms with van der Waals surface area (Å²) in [6, 6.07) is 0. The molecular formula is C16H34O6. The van der Waals surface area contributed by atoms with Gasteiger partial charge in [-0.1, -0.05) is 19.3 Å². The fourth-order valence-electron chi connectivity index (χ4n) is 2.22. The molecule has 0 aromatic carbocycles. The first-order valence-corrected chi connectivity index (χ1v) is 8.48. The van der Waals surface area contributed by atoms with Gasteiger partial charge in [0.1, 0.15) is 0 Å². The van der Waals surface area contributed by atoms with Crippen LogP contribution in [0.15, 0.2) is 0 Å².